The van der Waals surface area contributed by atoms with Crippen LogP contribution in [0.4, 0.5) is 4.79 Å². The summed E-state index contributed by atoms with van der Waals surface area (Å²) in [4.78, 5) is 24.1. The molecule has 1 rings (SSSR count). The molecule has 21 heavy (non-hydrogen) atoms. The summed E-state index contributed by atoms with van der Waals surface area (Å²) in [6, 6.07) is 1.45. The second-order valence-corrected chi connectivity index (χ2v) is 6.98. The van der Waals surface area contributed by atoms with Crippen molar-refractivity contribution in [3.8, 4) is 5.75 Å². The van der Waals surface area contributed by atoms with Gasteiger partial charge in [0.2, 0.25) is 0 Å². The molecule has 0 spiro atoms. The Morgan fingerprint density at radius 3 is 2.57 bits per heavy atom. The van der Waals surface area contributed by atoms with Crippen LogP contribution in [0.3, 0.4) is 0 Å². The van der Waals surface area contributed by atoms with Gasteiger partial charge in [0.05, 0.1) is 10.9 Å². The van der Waals surface area contributed by atoms with Crippen molar-refractivity contribution < 1.29 is 24.2 Å². The third-order valence-electron chi connectivity index (χ3n) is 2.25. The lowest BCUT2D eigenvalue weighted by atomic mass is 10.2. The predicted octanol–water partition coefficient (Wildman–Crippen LogP) is 3.35. The number of hydrogen-bond donors (Lipinski definition) is 1. The minimum Gasteiger partial charge on any atom is -0.490 e. The van der Waals surface area contributed by atoms with Gasteiger partial charge in [-0.05, 0) is 20.8 Å². The summed E-state index contributed by atoms with van der Waals surface area (Å²) in [7, 11) is 1.58. The van der Waals surface area contributed by atoms with Crippen LogP contribution in [0.2, 0.25) is 4.34 Å². The zero-order valence-electron chi connectivity index (χ0n) is 12.3. The highest BCUT2D eigenvalue weighted by Crippen LogP contribution is 2.32. The average molecular weight is 336 g/mol. The van der Waals surface area contributed by atoms with Gasteiger partial charge in [-0.1, -0.05) is 11.6 Å². The Hall–Kier alpha value is -1.47. The first-order chi connectivity index (χ1) is 9.60. The van der Waals surface area contributed by atoms with Crippen LogP contribution in [0, 0.1) is 0 Å². The Labute approximate surface area is 132 Å². The number of carboxylic acids is 1. The Balaban J connectivity index is 2.50. The number of thiophene rings is 1. The standard InChI is InChI=1S/C13H18ClNO5S/c1-13(2,3)20-12(18)15(4)5-6-19-8-7-9(14)21-10(8)11(16)17/h7H,5-6H2,1-4H3,(H,16,17). The van der Waals surface area contributed by atoms with Crippen LogP contribution >= 0.6 is 22.9 Å². The summed E-state index contributed by atoms with van der Waals surface area (Å²) >= 11 is 6.70. The molecule has 0 unspecified atom stereocenters. The Morgan fingerprint density at radius 1 is 1.43 bits per heavy atom. The molecule has 0 saturated carbocycles. The van der Waals surface area contributed by atoms with Gasteiger partial charge in [-0.25, -0.2) is 9.59 Å². The van der Waals surface area contributed by atoms with Gasteiger partial charge in [0, 0.05) is 13.1 Å². The van der Waals surface area contributed by atoms with E-state index in [1.807, 2.05) is 0 Å². The summed E-state index contributed by atoms with van der Waals surface area (Å²) in [6.45, 7) is 5.75. The van der Waals surface area contributed by atoms with Crippen molar-refractivity contribution in [1.29, 1.82) is 0 Å². The molecule has 1 aromatic rings. The van der Waals surface area contributed by atoms with Crippen molar-refractivity contribution in [3.63, 3.8) is 0 Å². The van der Waals surface area contributed by atoms with Gasteiger partial charge in [-0.2, -0.15) is 0 Å². The number of amides is 1. The Kier molecular flexibility index (Phi) is 5.86. The van der Waals surface area contributed by atoms with Gasteiger partial charge in [0.15, 0.2) is 4.88 Å². The third-order valence-corrected chi connectivity index (χ3v) is 3.48. The molecule has 0 aromatic carbocycles. The summed E-state index contributed by atoms with van der Waals surface area (Å²) in [6.07, 6.45) is -0.465. The van der Waals surface area contributed by atoms with Crippen LogP contribution in [0.1, 0.15) is 30.4 Å². The fraction of sp³-hybridized carbons (Fsp3) is 0.538. The van der Waals surface area contributed by atoms with Crippen molar-refractivity contribution in [2.24, 2.45) is 0 Å². The fourth-order valence-corrected chi connectivity index (χ4v) is 2.32. The molecular formula is C13H18ClNO5S. The zero-order valence-corrected chi connectivity index (χ0v) is 13.9. The smallest absolute Gasteiger partial charge is 0.410 e. The number of carboxylic acid groups (broad SMARTS) is 1. The van der Waals surface area contributed by atoms with Crippen molar-refractivity contribution in [1.82, 2.24) is 4.90 Å². The van der Waals surface area contributed by atoms with Gasteiger partial charge in [-0.3, -0.25) is 0 Å². The van der Waals surface area contributed by atoms with Crippen molar-refractivity contribution >= 4 is 35.0 Å². The van der Waals surface area contributed by atoms with Crippen LogP contribution in [0.15, 0.2) is 6.07 Å². The van der Waals surface area contributed by atoms with Crippen molar-refractivity contribution in [2.75, 3.05) is 20.2 Å². The number of ether oxygens (including phenoxy) is 2. The van der Waals surface area contributed by atoms with Crippen LogP contribution in [0.25, 0.3) is 0 Å². The predicted molar refractivity (Wildman–Crippen MR) is 80.6 cm³/mol. The zero-order chi connectivity index (χ0) is 16.2. The first-order valence-electron chi connectivity index (χ1n) is 6.19. The summed E-state index contributed by atoms with van der Waals surface area (Å²) in [5, 5.41) is 8.99. The van der Waals surface area contributed by atoms with Gasteiger partial charge in [0.1, 0.15) is 18.0 Å². The molecule has 6 nitrogen and oxygen atoms in total. The van der Waals surface area contributed by atoms with E-state index in [-0.39, 0.29) is 23.8 Å². The number of carbonyl (C=O) groups excluding carboxylic acids is 1. The van der Waals surface area contributed by atoms with Gasteiger partial charge in [0.25, 0.3) is 0 Å². The SMILES string of the molecule is CN(CCOc1cc(Cl)sc1C(=O)O)C(=O)OC(C)(C)C. The summed E-state index contributed by atoms with van der Waals surface area (Å²) in [5.41, 5.74) is -0.566. The van der Waals surface area contributed by atoms with E-state index in [0.717, 1.165) is 11.3 Å². The van der Waals surface area contributed by atoms with E-state index in [2.05, 4.69) is 0 Å². The molecule has 118 valence electrons. The lowest BCUT2D eigenvalue weighted by Gasteiger charge is -2.24. The van der Waals surface area contributed by atoms with Crippen LogP contribution in [0.5, 0.6) is 5.75 Å². The second kappa shape index (κ2) is 7.00. The highest BCUT2D eigenvalue weighted by atomic mass is 35.5. The largest absolute Gasteiger partial charge is 0.490 e. The molecule has 1 aromatic heterocycles. The molecule has 0 bridgehead atoms. The molecule has 0 aliphatic heterocycles. The number of hydrogen-bond acceptors (Lipinski definition) is 5. The molecule has 0 aliphatic rings. The lowest BCUT2D eigenvalue weighted by Crippen LogP contribution is -2.36. The molecular weight excluding hydrogens is 318 g/mol. The molecule has 0 atom stereocenters. The summed E-state index contributed by atoms with van der Waals surface area (Å²) < 4.78 is 10.9. The number of likely N-dealkylation sites (N-methyl/N-ethyl adjacent to an activating group) is 1. The topological polar surface area (TPSA) is 76.1 Å². The number of carbonyl (C=O) groups is 2. The van der Waals surface area contributed by atoms with E-state index in [1.54, 1.807) is 27.8 Å². The van der Waals surface area contributed by atoms with Gasteiger partial charge in [-0.15, -0.1) is 11.3 Å². The average Bonchev–Trinajstić information content (AvgIpc) is 2.68. The van der Waals surface area contributed by atoms with Crippen LogP contribution in [-0.4, -0.2) is 47.9 Å². The van der Waals surface area contributed by atoms with Crippen LogP contribution in [-0.2, 0) is 4.74 Å². The molecule has 1 amide bonds. The normalized spacial score (nSPS) is 11.1. The molecule has 0 radical (unpaired) electrons. The lowest BCUT2D eigenvalue weighted by molar-refractivity contribution is 0.0277. The Bertz CT molecular complexity index is 523. The monoisotopic (exact) mass is 335 g/mol. The number of aromatic carboxylic acids is 1. The first-order valence-corrected chi connectivity index (χ1v) is 7.39. The second-order valence-electron chi connectivity index (χ2n) is 5.30. The Morgan fingerprint density at radius 2 is 2.05 bits per heavy atom. The molecule has 0 fully saturated rings. The van der Waals surface area contributed by atoms with Gasteiger partial charge < -0.3 is 19.5 Å². The highest BCUT2D eigenvalue weighted by Gasteiger charge is 2.20. The number of rotatable bonds is 5. The minimum absolute atomic E-state index is 0.0416. The summed E-state index contributed by atoms with van der Waals surface area (Å²) in [5.74, 6) is -0.891. The van der Waals surface area contributed by atoms with E-state index in [0.29, 0.717) is 4.34 Å². The first kappa shape index (κ1) is 17.6. The van der Waals surface area contributed by atoms with Crippen molar-refractivity contribution in [3.05, 3.63) is 15.3 Å². The van der Waals surface area contributed by atoms with Gasteiger partial charge >= 0.3 is 12.1 Å². The van der Waals surface area contributed by atoms with Crippen molar-refractivity contribution in [2.45, 2.75) is 26.4 Å². The number of nitrogens with zero attached hydrogens (tertiary/aromatic N) is 1. The van der Waals surface area contributed by atoms with Crippen LogP contribution < -0.4 is 4.74 Å². The van der Waals surface area contributed by atoms with E-state index in [1.165, 1.54) is 11.0 Å². The van der Waals surface area contributed by atoms with E-state index in [9.17, 15) is 9.59 Å². The van der Waals surface area contributed by atoms with E-state index >= 15 is 0 Å². The molecule has 1 N–H and O–H groups in total. The maximum Gasteiger partial charge on any atom is 0.410 e. The van der Waals surface area contributed by atoms with E-state index < -0.39 is 17.7 Å². The molecule has 0 saturated heterocycles. The fourth-order valence-electron chi connectivity index (χ4n) is 1.33. The molecule has 8 heteroatoms. The quantitative estimate of drug-likeness (QED) is 0.893. The highest BCUT2D eigenvalue weighted by molar-refractivity contribution is 7.18. The number of halogens is 1. The maximum absolute atomic E-state index is 11.7. The maximum atomic E-state index is 11.7. The minimum atomic E-state index is -1.10. The molecule has 1 heterocycles. The molecule has 0 aliphatic carbocycles. The third kappa shape index (κ3) is 5.81. The van der Waals surface area contributed by atoms with E-state index in [4.69, 9.17) is 26.2 Å².